The van der Waals surface area contributed by atoms with Gasteiger partial charge in [0.2, 0.25) is 5.91 Å². The zero-order chi connectivity index (χ0) is 17.3. The number of nitrogens with zero attached hydrogens (tertiary/aromatic N) is 1. The molecule has 130 valence electrons. The first-order valence-corrected chi connectivity index (χ1v) is 8.91. The molecule has 0 fully saturated rings. The minimum absolute atomic E-state index is 0.0423. The summed E-state index contributed by atoms with van der Waals surface area (Å²) in [5, 5.41) is 6.41. The number of fused-ring (bicyclic) bond motifs is 3. The minimum atomic E-state index is -0.480. The van der Waals surface area contributed by atoms with Gasteiger partial charge < -0.3 is 16.4 Å². The van der Waals surface area contributed by atoms with Gasteiger partial charge in [-0.15, -0.1) is 0 Å². The maximum absolute atomic E-state index is 12.5. The van der Waals surface area contributed by atoms with Gasteiger partial charge in [-0.25, -0.2) is 0 Å². The van der Waals surface area contributed by atoms with Crippen molar-refractivity contribution in [1.29, 1.82) is 0 Å². The van der Waals surface area contributed by atoms with Gasteiger partial charge in [0.1, 0.15) is 17.4 Å². The fourth-order valence-corrected chi connectivity index (χ4v) is 3.82. The summed E-state index contributed by atoms with van der Waals surface area (Å²) in [7, 11) is 0. The van der Waals surface area contributed by atoms with Crippen molar-refractivity contribution in [1.82, 2.24) is 10.6 Å². The lowest BCUT2D eigenvalue weighted by Crippen LogP contribution is -2.52. The van der Waals surface area contributed by atoms with E-state index in [0.29, 0.717) is 12.8 Å². The maximum atomic E-state index is 12.5. The van der Waals surface area contributed by atoms with Crippen molar-refractivity contribution in [2.45, 2.75) is 56.2 Å². The van der Waals surface area contributed by atoms with Crippen LogP contribution in [0.25, 0.3) is 0 Å². The molecular formula is C18H25ClN4O. The van der Waals surface area contributed by atoms with Crippen molar-refractivity contribution in [3.8, 4) is 0 Å². The van der Waals surface area contributed by atoms with Crippen LogP contribution in [0.1, 0.15) is 33.1 Å². The first kappa shape index (κ1) is 17.2. The Balaban J connectivity index is 1.99. The Hall–Kier alpha value is -1.59. The smallest absolute Gasteiger partial charge is 0.221 e. The van der Waals surface area contributed by atoms with E-state index in [0.717, 1.165) is 17.8 Å². The van der Waals surface area contributed by atoms with E-state index in [2.05, 4.69) is 16.7 Å². The lowest BCUT2D eigenvalue weighted by atomic mass is 9.80. The molecule has 2 bridgehead atoms. The molecule has 0 spiro atoms. The Bertz CT molecular complexity index is 639. The third-order valence-electron chi connectivity index (χ3n) is 4.86. The van der Waals surface area contributed by atoms with Crippen molar-refractivity contribution in [2.24, 2.45) is 16.6 Å². The fraction of sp³-hybridized carbons (Fsp3) is 0.556. The highest BCUT2D eigenvalue weighted by Crippen LogP contribution is 2.34. The summed E-state index contributed by atoms with van der Waals surface area (Å²) < 4.78 is 0. The minimum Gasteiger partial charge on any atom is -0.354 e. The average molecular weight is 349 g/mol. The highest BCUT2D eigenvalue weighted by atomic mass is 35.5. The number of hydrogen-bond donors (Lipinski definition) is 3. The highest BCUT2D eigenvalue weighted by molar-refractivity contribution is 6.23. The number of halogens is 1. The Morgan fingerprint density at radius 2 is 2.21 bits per heavy atom. The number of rotatable bonds is 0. The Morgan fingerprint density at radius 1 is 1.42 bits per heavy atom. The SMILES string of the molecule is CC1/C=C/C[C@H](N)C2=NC(C3=CC=CCC3(C)NC(=O)C1)C(Cl)N2. The van der Waals surface area contributed by atoms with E-state index in [1.807, 2.05) is 38.2 Å². The number of hydrogen-bond acceptors (Lipinski definition) is 4. The van der Waals surface area contributed by atoms with Gasteiger partial charge in [0.05, 0.1) is 11.6 Å². The topological polar surface area (TPSA) is 79.5 Å². The maximum Gasteiger partial charge on any atom is 0.221 e. The van der Waals surface area contributed by atoms with Crippen LogP contribution >= 0.6 is 11.6 Å². The zero-order valence-electron chi connectivity index (χ0n) is 14.1. The van der Waals surface area contributed by atoms with Crippen LogP contribution < -0.4 is 16.4 Å². The molecule has 4 unspecified atom stereocenters. The van der Waals surface area contributed by atoms with Crippen LogP contribution in [0.4, 0.5) is 0 Å². The fourth-order valence-electron chi connectivity index (χ4n) is 3.52. The normalized spacial score (nSPS) is 40.8. The van der Waals surface area contributed by atoms with Gasteiger partial charge in [-0.1, -0.05) is 48.9 Å². The third-order valence-corrected chi connectivity index (χ3v) is 5.21. The molecular weight excluding hydrogens is 324 g/mol. The molecule has 5 atom stereocenters. The Morgan fingerprint density at radius 3 is 3.00 bits per heavy atom. The van der Waals surface area contributed by atoms with Gasteiger partial charge in [0, 0.05) is 6.42 Å². The molecule has 1 aliphatic carbocycles. The van der Waals surface area contributed by atoms with Gasteiger partial charge in [-0.05, 0) is 31.3 Å². The summed E-state index contributed by atoms with van der Waals surface area (Å²) in [5.41, 5.74) is 6.44. The van der Waals surface area contributed by atoms with E-state index in [-0.39, 0.29) is 29.4 Å². The van der Waals surface area contributed by atoms with E-state index < -0.39 is 5.54 Å². The molecule has 0 radical (unpaired) electrons. The van der Waals surface area contributed by atoms with Gasteiger partial charge in [0.25, 0.3) is 0 Å². The predicted molar refractivity (Wildman–Crippen MR) is 97.9 cm³/mol. The number of alkyl halides is 1. The van der Waals surface area contributed by atoms with Gasteiger partial charge in [-0.2, -0.15) is 0 Å². The lowest BCUT2D eigenvalue weighted by Gasteiger charge is -2.37. The number of aliphatic imine (C=N–C) groups is 1. The van der Waals surface area contributed by atoms with E-state index in [9.17, 15) is 4.79 Å². The average Bonchev–Trinajstić information content (AvgIpc) is 2.88. The summed E-state index contributed by atoms with van der Waals surface area (Å²) >= 11 is 6.51. The van der Waals surface area contributed by atoms with Crippen LogP contribution in [0.2, 0.25) is 0 Å². The highest BCUT2D eigenvalue weighted by Gasteiger charge is 2.41. The number of allylic oxidation sites excluding steroid dienone is 3. The molecule has 2 heterocycles. The number of amides is 1. The van der Waals surface area contributed by atoms with E-state index in [1.165, 1.54) is 0 Å². The van der Waals surface area contributed by atoms with Crippen LogP contribution in [0.3, 0.4) is 0 Å². The molecule has 0 aromatic rings. The first-order chi connectivity index (χ1) is 11.4. The van der Waals surface area contributed by atoms with Crippen molar-refractivity contribution in [3.05, 3.63) is 36.0 Å². The Kier molecular flexibility index (Phi) is 4.83. The third kappa shape index (κ3) is 3.42. The number of carbonyl (C=O) groups excluding carboxylic acids is 1. The molecule has 6 heteroatoms. The predicted octanol–water partition coefficient (Wildman–Crippen LogP) is 2.00. The second-order valence-electron chi connectivity index (χ2n) is 7.09. The second kappa shape index (κ2) is 6.73. The molecule has 0 saturated heterocycles. The molecule has 3 aliphatic rings. The van der Waals surface area contributed by atoms with Gasteiger partial charge in [0.15, 0.2) is 0 Å². The van der Waals surface area contributed by atoms with Gasteiger partial charge >= 0.3 is 0 Å². The Labute approximate surface area is 148 Å². The van der Waals surface area contributed by atoms with E-state index in [4.69, 9.17) is 22.3 Å². The van der Waals surface area contributed by atoms with Crippen LogP contribution in [0.5, 0.6) is 0 Å². The number of nitrogens with two attached hydrogens (primary N) is 1. The van der Waals surface area contributed by atoms with Crippen LogP contribution in [0, 0.1) is 5.92 Å². The summed E-state index contributed by atoms with van der Waals surface area (Å²) in [5.74, 6) is 0.947. The lowest BCUT2D eigenvalue weighted by molar-refractivity contribution is -0.123. The van der Waals surface area contributed by atoms with Gasteiger partial charge in [-0.3, -0.25) is 9.79 Å². The molecule has 0 saturated carbocycles. The first-order valence-electron chi connectivity index (χ1n) is 8.48. The molecule has 4 N–H and O–H groups in total. The zero-order valence-corrected chi connectivity index (χ0v) is 14.9. The van der Waals surface area contributed by atoms with E-state index in [1.54, 1.807) is 0 Å². The largest absolute Gasteiger partial charge is 0.354 e. The summed E-state index contributed by atoms with van der Waals surface area (Å²) in [6.07, 6.45) is 12.0. The van der Waals surface area contributed by atoms with Crippen molar-refractivity contribution in [3.63, 3.8) is 0 Å². The van der Waals surface area contributed by atoms with Crippen molar-refractivity contribution >= 4 is 23.3 Å². The summed E-state index contributed by atoms with van der Waals surface area (Å²) in [6.45, 7) is 4.08. The van der Waals surface area contributed by atoms with Crippen molar-refractivity contribution < 1.29 is 4.79 Å². The quantitative estimate of drug-likeness (QED) is 0.356. The molecule has 5 nitrogen and oxygen atoms in total. The molecule has 24 heavy (non-hydrogen) atoms. The monoisotopic (exact) mass is 348 g/mol. The summed E-state index contributed by atoms with van der Waals surface area (Å²) in [4.78, 5) is 17.3. The van der Waals surface area contributed by atoms with E-state index >= 15 is 0 Å². The molecule has 0 aromatic heterocycles. The molecule has 3 rings (SSSR count). The molecule has 2 aliphatic heterocycles. The van der Waals surface area contributed by atoms with Crippen LogP contribution in [-0.4, -0.2) is 34.9 Å². The number of carbonyl (C=O) groups is 1. The number of nitrogens with one attached hydrogen (secondary N) is 2. The summed E-state index contributed by atoms with van der Waals surface area (Å²) in [6, 6.07) is -0.444. The van der Waals surface area contributed by atoms with Crippen LogP contribution in [0.15, 0.2) is 40.9 Å². The number of amidine groups is 1. The molecule has 1 amide bonds. The second-order valence-corrected chi connectivity index (χ2v) is 7.56. The standard InChI is InChI=1S/C18H25ClN4O/c1-11-6-5-8-13(20)17-21-15(16(19)22-17)12-7-3-4-9-18(12,2)23-14(24)10-11/h3-7,11,13,15-16H,8-10,20H2,1-2H3,(H,21,22)(H,23,24)/b6-5+/t11?,13-,15?,16?,18?/m0/s1. The molecule has 0 aromatic carbocycles. The van der Waals surface area contributed by atoms with Crippen LogP contribution in [-0.2, 0) is 4.79 Å². The van der Waals surface area contributed by atoms with Crippen molar-refractivity contribution in [2.75, 3.05) is 0 Å².